The Kier molecular flexibility index (Phi) is 4.36. The molecule has 0 fully saturated rings. The van der Waals surface area contributed by atoms with Crippen LogP contribution in [0.5, 0.6) is 0 Å². The van der Waals surface area contributed by atoms with E-state index in [-0.39, 0.29) is 11.8 Å². The Bertz CT molecular complexity index is 460. The second-order valence-corrected chi connectivity index (χ2v) is 4.41. The molecule has 18 heavy (non-hydrogen) atoms. The average molecular weight is 251 g/mol. The highest BCUT2D eigenvalue weighted by molar-refractivity contribution is 5.97. The lowest BCUT2D eigenvalue weighted by Crippen LogP contribution is -2.40. The first-order valence-electron chi connectivity index (χ1n) is 5.66. The van der Waals surface area contributed by atoms with Gasteiger partial charge >= 0.3 is 5.97 Å². The topological polar surface area (TPSA) is 83.4 Å². The van der Waals surface area contributed by atoms with Crippen molar-refractivity contribution in [3.05, 3.63) is 23.8 Å². The second-order valence-electron chi connectivity index (χ2n) is 4.41. The molecule has 0 aliphatic rings. The van der Waals surface area contributed by atoms with E-state index in [4.69, 9.17) is 5.11 Å². The van der Waals surface area contributed by atoms with Gasteiger partial charge in [-0.2, -0.15) is 0 Å². The number of nitrogens with zero attached hydrogens (tertiary/aromatic N) is 3. The standard InChI is InChI=1S/C12H17N3O3/c1-7(2)10-9(5-13-6-14-10)11(16)15(4)8(3)12(17)18/h5-8H,1-4H3,(H,17,18). The molecule has 0 saturated heterocycles. The first-order valence-corrected chi connectivity index (χ1v) is 5.66. The fourth-order valence-corrected chi connectivity index (χ4v) is 1.50. The summed E-state index contributed by atoms with van der Waals surface area (Å²) >= 11 is 0. The Hall–Kier alpha value is -1.98. The predicted octanol–water partition coefficient (Wildman–Crippen LogP) is 1.15. The minimum Gasteiger partial charge on any atom is -0.480 e. The van der Waals surface area contributed by atoms with E-state index in [2.05, 4.69) is 9.97 Å². The third kappa shape index (κ3) is 2.82. The molecule has 1 heterocycles. The molecule has 0 aliphatic heterocycles. The molecular formula is C12H17N3O3. The van der Waals surface area contributed by atoms with Gasteiger partial charge in [-0.05, 0) is 12.8 Å². The summed E-state index contributed by atoms with van der Waals surface area (Å²) < 4.78 is 0. The highest BCUT2D eigenvalue weighted by Crippen LogP contribution is 2.17. The van der Waals surface area contributed by atoms with Crippen LogP contribution in [0.25, 0.3) is 0 Å². The van der Waals surface area contributed by atoms with Crippen LogP contribution in [0.3, 0.4) is 0 Å². The van der Waals surface area contributed by atoms with Gasteiger partial charge in [0.2, 0.25) is 0 Å². The average Bonchev–Trinajstić information content (AvgIpc) is 2.35. The molecule has 1 rings (SSSR count). The fourth-order valence-electron chi connectivity index (χ4n) is 1.50. The van der Waals surface area contributed by atoms with Crippen molar-refractivity contribution in [2.75, 3.05) is 7.05 Å². The number of hydrogen-bond donors (Lipinski definition) is 1. The van der Waals surface area contributed by atoms with Crippen LogP contribution in [0, 0.1) is 0 Å². The summed E-state index contributed by atoms with van der Waals surface area (Å²) in [5.41, 5.74) is 0.975. The molecule has 0 aliphatic carbocycles. The molecule has 0 spiro atoms. The zero-order chi connectivity index (χ0) is 13.9. The van der Waals surface area contributed by atoms with Crippen LogP contribution in [0.15, 0.2) is 12.5 Å². The van der Waals surface area contributed by atoms with Crippen molar-refractivity contribution in [1.29, 1.82) is 0 Å². The molecule has 0 bridgehead atoms. The zero-order valence-corrected chi connectivity index (χ0v) is 10.9. The van der Waals surface area contributed by atoms with E-state index in [0.717, 1.165) is 0 Å². The fraction of sp³-hybridized carbons (Fsp3) is 0.500. The van der Waals surface area contributed by atoms with Crippen molar-refractivity contribution in [2.45, 2.75) is 32.7 Å². The minimum atomic E-state index is -1.05. The van der Waals surface area contributed by atoms with Crippen LogP contribution in [0.4, 0.5) is 0 Å². The summed E-state index contributed by atoms with van der Waals surface area (Å²) in [6.07, 6.45) is 2.81. The van der Waals surface area contributed by atoms with Crippen LogP contribution in [-0.4, -0.2) is 44.9 Å². The number of carbonyl (C=O) groups excluding carboxylic acids is 1. The molecule has 6 nitrogen and oxygen atoms in total. The quantitative estimate of drug-likeness (QED) is 0.867. The van der Waals surface area contributed by atoms with E-state index in [0.29, 0.717) is 11.3 Å². The highest BCUT2D eigenvalue weighted by Gasteiger charge is 2.25. The Morgan fingerprint density at radius 1 is 1.33 bits per heavy atom. The van der Waals surface area contributed by atoms with Crippen LogP contribution in [0.1, 0.15) is 42.7 Å². The number of hydrogen-bond acceptors (Lipinski definition) is 4. The van der Waals surface area contributed by atoms with Crippen LogP contribution in [-0.2, 0) is 4.79 Å². The van der Waals surface area contributed by atoms with Crippen LogP contribution >= 0.6 is 0 Å². The Morgan fingerprint density at radius 2 is 1.94 bits per heavy atom. The van der Waals surface area contributed by atoms with E-state index >= 15 is 0 Å². The SMILES string of the molecule is CC(C)c1ncncc1C(=O)N(C)C(C)C(=O)O. The smallest absolute Gasteiger partial charge is 0.326 e. The normalized spacial score (nSPS) is 12.3. The molecule has 1 unspecified atom stereocenters. The number of aromatic nitrogens is 2. The van der Waals surface area contributed by atoms with Gasteiger partial charge in [0.25, 0.3) is 5.91 Å². The summed E-state index contributed by atoms with van der Waals surface area (Å²) in [4.78, 5) is 32.2. The van der Waals surface area contributed by atoms with Gasteiger partial charge in [0.15, 0.2) is 0 Å². The van der Waals surface area contributed by atoms with E-state index in [9.17, 15) is 9.59 Å². The molecule has 0 saturated carbocycles. The van der Waals surface area contributed by atoms with Crippen molar-refractivity contribution in [3.8, 4) is 0 Å². The molecule has 0 radical (unpaired) electrons. The van der Waals surface area contributed by atoms with Crippen LogP contribution < -0.4 is 0 Å². The van der Waals surface area contributed by atoms with Gasteiger partial charge in [-0.3, -0.25) is 4.79 Å². The van der Waals surface area contributed by atoms with E-state index in [1.807, 2.05) is 13.8 Å². The lowest BCUT2D eigenvalue weighted by atomic mass is 10.0. The summed E-state index contributed by atoms with van der Waals surface area (Å²) in [6.45, 7) is 5.29. The maximum absolute atomic E-state index is 12.2. The molecule has 98 valence electrons. The molecule has 1 N–H and O–H groups in total. The van der Waals surface area contributed by atoms with Crippen molar-refractivity contribution < 1.29 is 14.7 Å². The number of likely N-dealkylation sites (N-methyl/N-ethyl adjacent to an activating group) is 1. The summed E-state index contributed by atoms with van der Waals surface area (Å²) in [5, 5.41) is 8.90. The van der Waals surface area contributed by atoms with E-state index in [1.54, 1.807) is 0 Å². The number of amides is 1. The van der Waals surface area contributed by atoms with Gasteiger partial charge in [-0.15, -0.1) is 0 Å². The van der Waals surface area contributed by atoms with Gasteiger partial charge in [0.1, 0.15) is 12.4 Å². The van der Waals surface area contributed by atoms with Crippen molar-refractivity contribution in [2.24, 2.45) is 0 Å². The van der Waals surface area contributed by atoms with Gasteiger partial charge in [-0.1, -0.05) is 13.8 Å². The molecule has 1 aromatic rings. The third-order valence-electron chi connectivity index (χ3n) is 2.78. The van der Waals surface area contributed by atoms with Gasteiger partial charge < -0.3 is 10.0 Å². The van der Waals surface area contributed by atoms with Crippen LogP contribution in [0.2, 0.25) is 0 Å². The van der Waals surface area contributed by atoms with Gasteiger partial charge in [0, 0.05) is 13.2 Å². The number of carboxylic acid groups (broad SMARTS) is 1. The Morgan fingerprint density at radius 3 is 2.44 bits per heavy atom. The maximum atomic E-state index is 12.2. The van der Waals surface area contributed by atoms with Crippen molar-refractivity contribution >= 4 is 11.9 Å². The Balaban J connectivity index is 3.08. The second kappa shape index (κ2) is 5.57. The molecule has 1 amide bonds. The molecule has 0 aromatic carbocycles. The third-order valence-corrected chi connectivity index (χ3v) is 2.78. The lowest BCUT2D eigenvalue weighted by molar-refractivity contribution is -0.141. The molecule has 1 atom stereocenters. The molecule has 6 heteroatoms. The molecular weight excluding hydrogens is 234 g/mol. The number of carbonyl (C=O) groups is 2. The maximum Gasteiger partial charge on any atom is 0.326 e. The van der Waals surface area contributed by atoms with Crippen molar-refractivity contribution in [1.82, 2.24) is 14.9 Å². The largest absolute Gasteiger partial charge is 0.480 e. The summed E-state index contributed by atoms with van der Waals surface area (Å²) in [6, 6.07) is -0.891. The monoisotopic (exact) mass is 251 g/mol. The number of carboxylic acids is 1. The number of aliphatic carboxylic acids is 1. The first-order chi connectivity index (χ1) is 8.36. The zero-order valence-electron chi connectivity index (χ0n) is 10.9. The summed E-state index contributed by atoms with van der Waals surface area (Å²) in [7, 11) is 1.46. The minimum absolute atomic E-state index is 0.0699. The lowest BCUT2D eigenvalue weighted by Gasteiger charge is -2.22. The highest BCUT2D eigenvalue weighted by atomic mass is 16.4. The number of rotatable bonds is 4. The summed E-state index contributed by atoms with van der Waals surface area (Å²) in [5.74, 6) is -1.36. The molecule has 1 aromatic heterocycles. The first kappa shape index (κ1) is 14.1. The predicted molar refractivity (Wildman–Crippen MR) is 65.3 cm³/mol. The van der Waals surface area contributed by atoms with Gasteiger partial charge in [0.05, 0.1) is 11.3 Å². The van der Waals surface area contributed by atoms with E-state index in [1.165, 1.54) is 31.4 Å². The van der Waals surface area contributed by atoms with Gasteiger partial charge in [-0.25, -0.2) is 14.8 Å². The Labute approximate surface area is 106 Å². The van der Waals surface area contributed by atoms with E-state index < -0.39 is 12.0 Å². The van der Waals surface area contributed by atoms with Crippen molar-refractivity contribution in [3.63, 3.8) is 0 Å².